The largest absolute Gasteiger partial charge is 0.326 e. The monoisotopic (exact) mass is 405 g/mol. The summed E-state index contributed by atoms with van der Waals surface area (Å²) >= 11 is 4.88. The van der Waals surface area contributed by atoms with Crippen LogP contribution in [0, 0.1) is 6.92 Å². The number of aryl methyl sites for hydroxylation is 2. The summed E-state index contributed by atoms with van der Waals surface area (Å²) in [4.78, 5) is 31.9. The predicted molar refractivity (Wildman–Crippen MR) is 101 cm³/mol. The van der Waals surface area contributed by atoms with Crippen molar-refractivity contribution in [3.8, 4) is 0 Å². The highest BCUT2D eigenvalue weighted by molar-refractivity contribution is 9.10. The van der Waals surface area contributed by atoms with Gasteiger partial charge in [0.05, 0.1) is 5.39 Å². The summed E-state index contributed by atoms with van der Waals surface area (Å²) in [5.41, 5.74) is 1.73. The van der Waals surface area contributed by atoms with Crippen LogP contribution in [-0.2, 0) is 11.2 Å². The Morgan fingerprint density at radius 2 is 2.21 bits per heavy atom. The van der Waals surface area contributed by atoms with Crippen LogP contribution in [0.15, 0.2) is 38.9 Å². The number of fused-ring (bicyclic) bond motifs is 1. The highest BCUT2D eigenvalue weighted by atomic mass is 79.9. The number of carbonyl (C=O) groups is 1. The van der Waals surface area contributed by atoms with E-state index in [4.69, 9.17) is 0 Å². The molecule has 0 fully saturated rings. The number of thiophene rings is 1. The number of H-pyrrole nitrogens is 1. The number of benzene rings is 1. The molecule has 2 aromatic heterocycles. The minimum atomic E-state index is -0.119. The van der Waals surface area contributed by atoms with Gasteiger partial charge in [-0.05, 0) is 48.6 Å². The molecule has 2 N–H and O–H groups in total. The van der Waals surface area contributed by atoms with Gasteiger partial charge >= 0.3 is 0 Å². The van der Waals surface area contributed by atoms with Gasteiger partial charge in [-0.1, -0.05) is 15.9 Å². The Morgan fingerprint density at radius 3 is 3.00 bits per heavy atom. The van der Waals surface area contributed by atoms with Crippen LogP contribution in [0.2, 0.25) is 0 Å². The molecule has 0 bridgehead atoms. The average molecular weight is 406 g/mol. The molecule has 3 aromatic rings. The van der Waals surface area contributed by atoms with E-state index in [1.165, 1.54) is 11.3 Å². The lowest BCUT2D eigenvalue weighted by atomic mass is 10.2. The summed E-state index contributed by atoms with van der Waals surface area (Å²) in [5.74, 6) is 0.582. The van der Waals surface area contributed by atoms with E-state index in [9.17, 15) is 9.59 Å². The van der Waals surface area contributed by atoms with Crippen LogP contribution in [0.3, 0.4) is 0 Å². The molecule has 0 saturated heterocycles. The fourth-order valence-corrected chi connectivity index (χ4v) is 3.42. The van der Waals surface area contributed by atoms with Crippen LogP contribution in [-0.4, -0.2) is 15.9 Å². The highest BCUT2D eigenvalue weighted by Crippen LogP contribution is 2.20. The Kier molecular flexibility index (Phi) is 5.11. The second-order valence-corrected chi connectivity index (χ2v) is 7.27. The summed E-state index contributed by atoms with van der Waals surface area (Å²) in [7, 11) is 0. The lowest BCUT2D eigenvalue weighted by Gasteiger charge is -2.07. The number of nitrogens with one attached hydrogen (secondary N) is 2. The minimum Gasteiger partial charge on any atom is -0.326 e. The zero-order valence-corrected chi connectivity index (χ0v) is 15.5. The van der Waals surface area contributed by atoms with Gasteiger partial charge in [0.25, 0.3) is 5.56 Å². The van der Waals surface area contributed by atoms with E-state index in [1.807, 2.05) is 30.5 Å². The number of nitrogens with zero attached hydrogens (tertiary/aromatic N) is 1. The first kappa shape index (κ1) is 16.9. The lowest BCUT2D eigenvalue weighted by molar-refractivity contribution is -0.116. The van der Waals surface area contributed by atoms with Crippen molar-refractivity contribution in [2.24, 2.45) is 0 Å². The molecule has 0 aliphatic rings. The van der Waals surface area contributed by atoms with Gasteiger partial charge in [0.15, 0.2) is 0 Å². The number of aromatic nitrogens is 2. The number of hydrogen-bond acceptors (Lipinski definition) is 4. The van der Waals surface area contributed by atoms with Gasteiger partial charge in [-0.3, -0.25) is 9.59 Å². The van der Waals surface area contributed by atoms with E-state index in [2.05, 4.69) is 31.2 Å². The number of aromatic amines is 1. The molecule has 2 heterocycles. The van der Waals surface area contributed by atoms with Crippen molar-refractivity contribution in [1.82, 2.24) is 9.97 Å². The SMILES string of the molecule is Cc1cc(NC(=O)CCCc2nc3sccc3c(=O)[nH]2)ccc1Br. The van der Waals surface area contributed by atoms with Crippen LogP contribution in [0.25, 0.3) is 10.2 Å². The zero-order valence-electron chi connectivity index (χ0n) is 13.1. The van der Waals surface area contributed by atoms with Crippen molar-refractivity contribution in [3.63, 3.8) is 0 Å². The smallest absolute Gasteiger partial charge is 0.259 e. The average Bonchev–Trinajstić information content (AvgIpc) is 3.00. The fraction of sp³-hybridized carbons (Fsp3) is 0.235. The maximum atomic E-state index is 12.0. The second-order valence-electron chi connectivity index (χ2n) is 5.52. The Labute approximate surface area is 151 Å². The zero-order chi connectivity index (χ0) is 17.1. The van der Waals surface area contributed by atoms with Gasteiger partial charge in [-0.2, -0.15) is 0 Å². The van der Waals surface area contributed by atoms with Gasteiger partial charge in [0.2, 0.25) is 5.91 Å². The third-order valence-corrected chi connectivity index (χ3v) is 5.34. The van der Waals surface area contributed by atoms with Crippen molar-refractivity contribution in [2.45, 2.75) is 26.2 Å². The van der Waals surface area contributed by atoms with Crippen LogP contribution in [0.4, 0.5) is 5.69 Å². The molecule has 124 valence electrons. The molecule has 0 aliphatic carbocycles. The molecule has 1 aromatic carbocycles. The molecule has 0 aliphatic heterocycles. The van der Waals surface area contributed by atoms with E-state index in [-0.39, 0.29) is 11.5 Å². The van der Waals surface area contributed by atoms with Crippen LogP contribution in [0.1, 0.15) is 24.2 Å². The van der Waals surface area contributed by atoms with Crippen LogP contribution in [0.5, 0.6) is 0 Å². The molecule has 0 radical (unpaired) electrons. The topological polar surface area (TPSA) is 74.8 Å². The van der Waals surface area contributed by atoms with Crippen molar-refractivity contribution in [3.05, 3.63) is 55.9 Å². The van der Waals surface area contributed by atoms with Gasteiger partial charge in [0.1, 0.15) is 10.7 Å². The molecular formula is C17H16BrN3O2S. The maximum Gasteiger partial charge on any atom is 0.259 e. The van der Waals surface area contributed by atoms with Crippen molar-refractivity contribution in [1.29, 1.82) is 0 Å². The van der Waals surface area contributed by atoms with Crippen LogP contribution < -0.4 is 10.9 Å². The Balaban J connectivity index is 1.56. The van der Waals surface area contributed by atoms with Crippen molar-refractivity contribution < 1.29 is 4.79 Å². The third-order valence-electron chi connectivity index (χ3n) is 3.64. The second kappa shape index (κ2) is 7.27. The van der Waals surface area contributed by atoms with E-state index in [1.54, 1.807) is 6.07 Å². The van der Waals surface area contributed by atoms with Gasteiger partial charge < -0.3 is 10.3 Å². The molecule has 0 saturated carbocycles. The van der Waals surface area contributed by atoms with E-state index in [0.717, 1.165) is 20.6 Å². The standard InChI is InChI=1S/C17H16BrN3O2S/c1-10-9-11(5-6-13(10)18)19-15(22)4-2-3-14-20-16(23)12-7-8-24-17(12)21-14/h5-9H,2-4H2,1H3,(H,19,22)(H,20,21,23). The van der Waals surface area contributed by atoms with Crippen molar-refractivity contribution in [2.75, 3.05) is 5.32 Å². The summed E-state index contributed by atoms with van der Waals surface area (Å²) in [6, 6.07) is 7.46. The molecule has 24 heavy (non-hydrogen) atoms. The normalized spacial score (nSPS) is 10.9. The molecule has 0 unspecified atom stereocenters. The molecule has 3 rings (SSSR count). The van der Waals surface area contributed by atoms with E-state index in [0.29, 0.717) is 30.5 Å². The summed E-state index contributed by atoms with van der Waals surface area (Å²) in [5, 5.41) is 5.35. The van der Waals surface area contributed by atoms with Gasteiger partial charge in [-0.25, -0.2) is 4.98 Å². The number of rotatable bonds is 5. The summed E-state index contributed by atoms with van der Waals surface area (Å²) < 4.78 is 1.01. The highest BCUT2D eigenvalue weighted by Gasteiger charge is 2.07. The molecule has 7 heteroatoms. The van der Waals surface area contributed by atoms with Gasteiger partial charge in [0, 0.05) is 23.0 Å². The maximum absolute atomic E-state index is 12.0. The number of hydrogen-bond donors (Lipinski definition) is 2. The van der Waals surface area contributed by atoms with E-state index >= 15 is 0 Å². The number of amides is 1. The fourth-order valence-electron chi connectivity index (χ4n) is 2.39. The summed E-state index contributed by atoms with van der Waals surface area (Å²) in [6.07, 6.45) is 1.57. The molecule has 0 atom stereocenters. The lowest BCUT2D eigenvalue weighted by Crippen LogP contribution is -2.13. The molecule has 5 nitrogen and oxygen atoms in total. The Morgan fingerprint density at radius 1 is 1.38 bits per heavy atom. The van der Waals surface area contributed by atoms with E-state index < -0.39 is 0 Å². The van der Waals surface area contributed by atoms with Gasteiger partial charge in [-0.15, -0.1) is 11.3 Å². The summed E-state index contributed by atoms with van der Waals surface area (Å²) in [6.45, 7) is 1.97. The first-order valence-corrected chi connectivity index (χ1v) is 9.22. The van der Waals surface area contributed by atoms with Crippen LogP contribution >= 0.6 is 27.3 Å². The quantitative estimate of drug-likeness (QED) is 0.672. The Bertz CT molecular complexity index is 948. The Hall–Kier alpha value is -1.99. The minimum absolute atomic E-state index is 0.0451. The first-order chi connectivity index (χ1) is 11.5. The number of halogens is 1. The van der Waals surface area contributed by atoms with Crippen molar-refractivity contribution >= 4 is 49.1 Å². The number of carbonyl (C=O) groups excluding carboxylic acids is 1. The third kappa shape index (κ3) is 3.91. The molecular weight excluding hydrogens is 390 g/mol. The molecule has 1 amide bonds. The predicted octanol–water partition coefficient (Wildman–Crippen LogP) is 4.02. The number of anilines is 1. The first-order valence-electron chi connectivity index (χ1n) is 7.55. The molecule has 0 spiro atoms.